The molecule has 0 saturated heterocycles. The molecule has 1 N–H and O–H groups in total. The van der Waals surface area contributed by atoms with E-state index in [0.29, 0.717) is 17.6 Å². The predicted octanol–water partition coefficient (Wildman–Crippen LogP) is 4.96. The zero-order valence-corrected chi connectivity index (χ0v) is 16.1. The minimum absolute atomic E-state index is 0.0853. The molecule has 1 saturated carbocycles. The van der Waals surface area contributed by atoms with E-state index in [1.165, 1.54) is 36.8 Å². The lowest BCUT2D eigenvalue weighted by atomic mass is 9.55. The Morgan fingerprint density at radius 2 is 1.96 bits per heavy atom. The molecule has 3 atom stereocenters. The Kier molecular flexibility index (Phi) is 5.15. The summed E-state index contributed by atoms with van der Waals surface area (Å²) in [5.41, 5.74) is 2.77. The van der Waals surface area contributed by atoms with E-state index in [1.807, 2.05) is 12.1 Å². The highest BCUT2D eigenvalue weighted by Gasteiger charge is 2.51. The van der Waals surface area contributed by atoms with Crippen LogP contribution in [0.5, 0.6) is 5.75 Å². The van der Waals surface area contributed by atoms with Gasteiger partial charge in [-0.15, -0.1) is 6.58 Å². The maximum atomic E-state index is 10.1. The summed E-state index contributed by atoms with van der Waals surface area (Å²) in [4.78, 5) is 0. The summed E-state index contributed by atoms with van der Waals surface area (Å²) in [5, 5.41) is 10.1. The maximum absolute atomic E-state index is 10.1. The Morgan fingerprint density at radius 3 is 2.74 bits per heavy atom. The Bertz CT molecular complexity index is 825. The van der Waals surface area contributed by atoms with E-state index in [9.17, 15) is 5.11 Å². The van der Waals surface area contributed by atoms with E-state index in [2.05, 4.69) is 59.8 Å². The molecule has 0 radical (unpaired) electrons. The number of aromatic hydroxyl groups is 1. The first kappa shape index (κ1) is 18.0. The van der Waals surface area contributed by atoms with Crippen molar-refractivity contribution in [1.82, 2.24) is 0 Å². The van der Waals surface area contributed by atoms with Crippen molar-refractivity contribution in [3.8, 4) is 5.75 Å². The van der Waals surface area contributed by atoms with Crippen LogP contribution in [0, 0.1) is 11.8 Å². The van der Waals surface area contributed by atoms with Gasteiger partial charge in [-0.3, -0.25) is 0 Å². The average Bonchev–Trinajstić information content (AvgIpc) is 2.72. The van der Waals surface area contributed by atoms with Crippen LogP contribution in [0.25, 0.3) is 0 Å². The minimum atomic E-state index is 0.0853. The van der Waals surface area contributed by atoms with Crippen LogP contribution < -0.4 is 0 Å². The van der Waals surface area contributed by atoms with Crippen molar-refractivity contribution in [1.29, 1.82) is 0 Å². The van der Waals surface area contributed by atoms with Crippen LogP contribution in [0.4, 0.5) is 0 Å². The summed E-state index contributed by atoms with van der Waals surface area (Å²) >= 11 is 0. The van der Waals surface area contributed by atoms with Crippen LogP contribution in [0.1, 0.15) is 36.8 Å². The zero-order chi connectivity index (χ0) is 18.7. The lowest BCUT2D eigenvalue weighted by Gasteiger charge is -2.48. The topological polar surface area (TPSA) is 23.2 Å². The molecule has 4 rings (SSSR count). The standard InChI is InChI=1S/C25H29NO/c1-2-21-18-26(16-14-20-9-4-3-5-10-20)19-23-11-6-7-15-25(21,23)22-12-8-13-24(27)17-22/h2-5,8-10,12-13,17-18,21,23H,1,6-7,11,14-16,19H2/p+1/t21-,23?,25?/m0/s1. The van der Waals surface area contributed by atoms with Gasteiger partial charge in [0, 0.05) is 17.8 Å². The fourth-order valence-corrected chi connectivity index (χ4v) is 5.39. The van der Waals surface area contributed by atoms with Gasteiger partial charge in [0.1, 0.15) is 25.1 Å². The largest absolute Gasteiger partial charge is 0.508 e. The number of fused-ring (bicyclic) bond motifs is 1. The molecule has 1 aliphatic heterocycles. The van der Waals surface area contributed by atoms with Gasteiger partial charge in [0.15, 0.2) is 0 Å². The van der Waals surface area contributed by atoms with Crippen molar-refractivity contribution in [2.45, 2.75) is 37.5 Å². The number of benzene rings is 2. The van der Waals surface area contributed by atoms with Crippen LogP contribution in [-0.4, -0.2) is 29.0 Å². The third kappa shape index (κ3) is 3.45. The van der Waals surface area contributed by atoms with Crippen molar-refractivity contribution in [2.24, 2.45) is 11.8 Å². The monoisotopic (exact) mass is 360 g/mol. The molecule has 0 amide bonds. The number of allylic oxidation sites excluding steroid dienone is 1. The van der Waals surface area contributed by atoms with Crippen LogP contribution in [0.3, 0.4) is 0 Å². The van der Waals surface area contributed by atoms with E-state index < -0.39 is 0 Å². The molecule has 0 bridgehead atoms. The van der Waals surface area contributed by atoms with Crippen LogP contribution >= 0.6 is 0 Å². The van der Waals surface area contributed by atoms with E-state index in [-0.39, 0.29) is 5.41 Å². The van der Waals surface area contributed by atoms with Crippen LogP contribution in [0.2, 0.25) is 0 Å². The Labute approximate surface area is 162 Å². The summed E-state index contributed by atoms with van der Waals surface area (Å²) in [6, 6.07) is 18.7. The van der Waals surface area contributed by atoms with E-state index >= 15 is 0 Å². The normalized spacial score (nSPS) is 27.5. The van der Waals surface area contributed by atoms with Gasteiger partial charge >= 0.3 is 0 Å². The molecule has 2 heteroatoms. The second-order valence-corrected chi connectivity index (χ2v) is 8.17. The van der Waals surface area contributed by atoms with Gasteiger partial charge in [-0.25, -0.2) is 4.58 Å². The summed E-state index contributed by atoms with van der Waals surface area (Å²) in [7, 11) is 0. The second-order valence-electron chi connectivity index (χ2n) is 8.17. The molecule has 2 aliphatic rings. The van der Waals surface area contributed by atoms with Crippen molar-refractivity contribution in [2.75, 3.05) is 13.1 Å². The lowest BCUT2D eigenvalue weighted by Crippen LogP contribution is -2.52. The summed E-state index contributed by atoms with van der Waals surface area (Å²) in [6.45, 7) is 6.36. The van der Waals surface area contributed by atoms with Crippen molar-refractivity contribution in [3.05, 3.63) is 78.4 Å². The summed E-state index contributed by atoms with van der Waals surface area (Å²) in [5.74, 6) is 1.30. The highest BCUT2D eigenvalue weighted by molar-refractivity contribution is 5.63. The molecule has 1 heterocycles. The fourth-order valence-electron chi connectivity index (χ4n) is 5.39. The number of phenols is 1. The smallest absolute Gasteiger partial charge is 0.147 e. The first-order valence-electron chi connectivity index (χ1n) is 10.3. The molecule has 27 heavy (non-hydrogen) atoms. The van der Waals surface area contributed by atoms with Gasteiger partial charge in [-0.05, 0) is 36.1 Å². The predicted molar refractivity (Wildman–Crippen MR) is 112 cm³/mol. The summed E-state index contributed by atoms with van der Waals surface area (Å²) < 4.78 is 2.52. The molecule has 2 aromatic rings. The second kappa shape index (κ2) is 7.72. The number of hydrogen-bond acceptors (Lipinski definition) is 1. The molecule has 2 nitrogen and oxygen atoms in total. The van der Waals surface area contributed by atoms with Gasteiger partial charge in [0.25, 0.3) is 0 Å². The van der Waals surface area contributed by atoms with Gasteiger partial charge in [-0.2, -0.15) is 0 Å². The third-order valence-electron chi connectivity index (χ3n) is 6.71. The Morgan fingerprint density at radius 1 is 1.11 bits per heavy atom. The number of hydrogen-bond donors (Lipinski definition) is 1. The average molecular weight is 361 g/mol. The molecule has 0 spiro atoms. The van der Waals surface area contributed by atoms with Gasteiger partial charge in [0.05, 0.1) is 5.92 Å². The highest BCUT2D eigenvalue weighted by atomic mass is 16.3. The SMILES string of the molecule is C=C[C@H]1C=[N+](CCc2ccccc2)CC2CCCCC21c1cccc(O)c1. The van der Waals surface area contributed by atoms with Gasteiger partial charge in [0.2, 0.25) is 0 Å². The molecular formula is C25H30NO+. The van der Waals surface area contributed by atoms with Crippen LogP contribution in [0.15, 0.2) is 67.3 Å². The molecule has 2 aromatic carbocycles. The first-order chi connectivity index (χ1) is 13.2. The van der Waals surface area contributed by atoms with Gasteiger partial charge < -0.3 is 5.11 Å². The minimum Gasteiger partial charge on any atom is -0.508 e. The number of nitrogens with zero attached hydrogens (tertiary/aromatic N) is 1. The highest BCUT2D eigenvalue weighted by Crippen LogP contribution is 2.51. The molecular weight excluding hydrogens is 330 g/mol. The number of rotatable bonds is 5. The van der Waals surface area contributed by atoms with Crippen molar-refractivity contribution in [3.63, 3.8) is 0 Å². The van der Waals surface area contributed by atoms with E-state index in [0.717, 1.165) is 19.5 Å². The number of phenolic OH excluding ortho intramolecular Hbond substituents is 1. The van der Waals surface area contributed by atoms with Gasteiger partial charge in [-0.1, -0.05) is 61.4 Å². The lowest BCUT2D eigenvalue weighted by molar-refractivity contribution is -0.541. The first-order valence-corrected chi connectivity index (χ1v) is 10.3. The molecule has 1 fully saturated rings. The maximum Gasteiger partial charge on any atom is 0.147 e. The van der Waals surface area contributed by atoms with Crippen LogP contribution in [-0.2, 0) is 11.8 Å². The van der Waals surface area contributed by atoms with Crippen molar-refractivity contribution < 1.29 is 9.68 Å². The Balaban J connectivity index is 1.65. The molecule has 1 aliphatic carbocycles. The zero-order valence-electron chi connectivity index (χ0n) is 16.1. The summed E-state index contributed by atoms with van der Waals surface area (Å²) in [6.07, 6.45) is 10.6. The van der Waals surface area contributed by atoms with Crippen molar-refractivity contribution >= 4 is 6.21 Å². The third-order valence-corrected chi connectivity index (χ3v) is 6.71. The quantitative estimate of drug-likeness (QED) is 0.591. The van der Waals surface area contributed by atoms with E-state index in [4.69, 9.17) is 0 Å². The van der Waals surface area contributed by atoms with E-state index in [1.54, 1.807) is 6.07 Å². The molecule has 0 aromatic heterocycles. The fraction of sp³-hybridized carbons (Fsp3) is 0.400. The Hall–Kier alpha value is -2.35. The molecule has 2 unspecified atom stereocenters. The molecule has 140 valence electrons.